The molecule has 90 valence electrons. The van der Waals surface area contributed by atoms with Gasteiger partial charge in [0.1, 0.15) is 0 Å². The zero-order valence-corrected chi connectivity index (χ0v) is 11.0. The maximum atomic E-state index is 10.5. The van der Waals surface area contributed by atoms with Crippen molar-refractivity contribution in [3.63, 3.8) is 0 Å². The highest BCUT2D eigenvalue weighted by atomic mass is 16.3. The molecule has 0 amide bonds. The minimum absolute atomic E-state index is 0.426. The molecule has 16 heavy (non-hydrogen) atoms. The Labute approximate surface area is 98.9 Å². The summed E-state index contributed by atoms with van der Waals surface area (Å²) in [5.41, 5.74) is 3.31. The van der Waals surface area contributed by atoms with Gasteiger partial charge in [-0.15, -0.1) is 0 Å². The normalized spacial score (nSPS) is 49.7. The van der Waals surface area contributed by atoms with Gasteiger partial charge in [0.2, 0.25) is 0 Å². The molecule has 1 heteroatoms. The van der Waals surface area contributed by atoms with Crippen LogP contribution >= 0.6 is 0 Å². The van der Waals surface area contributed by atoms with Gasteiger partial charge in [-0.3, -0.25) is 0 Å². The van der Waals surface area contributed by atoms with Crippen molar-refractivity contribution in [2.45, 2.75) is 59.0 Å². The highest BCUT2D eigenvalue weighted by Gasteiger charge is 2.60. The number of aliphatic hydroxyl groups is 1. The van der Waals surface area contributed by atoms with Gasteiger partial charge in [0.05, 0.1) is 5.60 Å². The SMILES string of the molecule is CC1=C2CC[C@@](C)(O)C2C[C@@H]2[C@H](C1)C2(C)C. The first-order valence-electron chi connectivity index (χ1n) is 6.75. The molecule has 0 heterocycles. The van der Waals surface area contributed by atoms with Gasteiger partial charge in [0.15, 0.2) is 0 Å². The topological polar surface area (TPSA) is 20.2 Å². The third-order valence-corrected chi connectivity index (χ3v) is 5.92. The van der Waals surface area contributed by atoms with E-state index in [2.05, 4.69) is 20.8 Å². The van der Waals surface area contributed by atoms with Crippen molar-refractivity contribution < 1.29 is 5.11 Å². The Balaban J connectivity index is 1.96. The Kier molecular flexibility index (Phi) is 1.98. The Bertz CT molecular complexity index is 362. The second-order valence-electron chi connectivity index (χ2n) is 7.19. The molecule has 3 aliphatic carbocycles. The van der Waals surface area contributed by atoms with Crippen molar-refractivity contribution in [3.8, 4) is 0 Å². The average Bonchev–Trinajstić information content (AvgIpc) is 2.58. The summed E-state index contributed by atoms with van der Waals surface area (Å²) >= 11 is 0. The first-order chi connectivity index (χ1) is 7.34. The maximum Gasteiger partial charge on any atom is 0.0688 e. The van der Waals surface area contributed by atoms with E-state index in [-0.39, 0.29) is 0 Å². The molecule has 3 rings (SSSR count). The lowest BCUT2D eigenvalue weighted by Gasteiger charge is -2.27. The van der Waals surface area contributed by atoms with Crippen LogP contribution in [0.1, 0.15) is 53.4 Å². The van der Waals surface area contributed by atoms with Crippen LogP contribution in [0.2, 0.25) is 0 Å². The summed E-state index contributed by atoms with van der Waals surface area (Å²) in [5, 5.41) is 10.5. The van der Waals surface area contributed by atoms with E-state index in [1.54, 1.807) is 11.1 Å². The van der Waals surface area contributed by atoms with Crippen molar-refractivity contribution in [3.05, 3.63) is 11.1 Å². The van der Waals surface area contributed by atoms with Crippen LogP contribution in [0.5, 0.6) is 0 Å². The third-order valence-electron chi connectivity index (χ3n) is 5.92. The predicted octanol–water partition coefficient (Wildman–Crippen LogP) is 3.53. The summed E-state index contributed by atoms with van der Waals surface area (Å²) in [7, 11) is 0. The summed E-state index contributed by atoms with van der Waals surface area (Å²) in [5.74, 6) is 2.21. The van der Waals surface area contributed by atoms with Crippen LogP contribution < -0.4 is 0 Å². The predicted molar refractivity (Wildman–Crippen MR) is 66.0 cm³/mol. The van der Waals surface area contributed by atoms with Gasteiger partial charge in [-0.1, -0.05) is 25.0 Å². The lowest BCUT2D eigenvalue weighted by Crippen LogP contribution is -2.30. The highest BCUT2D eigenvalue weighted by molar-refractivity contribution is 5.29. The van der Waals surface area contributed by atoms with Crippen molar-refractivity contribution in [2.24, 2.45) is 23.2 Å². The fourth-order valence-corrected chi connectivity index (χ4v) is 4.46. The second-order valence-corrected chi connectivity index (χ2v) is 7.19. The Hall–Kier alpha value is -0.300. The van der Waals surface area contributed by atoms with E-state index >= 15 is 0 Å². The molecule has 1 nitrogen and oxygen atoms in total. The molecule has 0 radical (unpaired) electrons. The van der Waals surface area contributed by atoms with Crippen LogP contribution in [0.25, 0.3) is 0 Å². The van der Waals surface area contributed by atoms with Gasteiger partial charge in [0.25, 0.3) is 0 Å². The summed E-state index contributed by atoms with van der Waals surface area (Å²) in [6.45, 7) is 9.17. The Morgan fingerprint density at radius 1 is 1.19 bits per heavy atom. The average molecular weight is 220 g/mol. The quantitative estimate of drug-likeness (QED) is 0.619. The van der Waals surface area contributed by atoms with Gasteiger partial charge in [0, 0.05) is 5.92 Å². The lowest BCUT2D eigenvalue weighted by atomic mass is 9.83. The van der Waals surface area contributed by atoms with Gasteiger partial charge in [-0.2, -0.15) is 0 Å². The number of hydrogen-bond acceptors (Lipinski definition) is 1. The molecule has 0 bridgehead atoms. The molecule has 0 spiro atoms. The molecular formula is C15H24O. The van der Waals surface area contributed by atoms with Gasteiger partial charge in [-0.05, 0) is 56.8 Å². The second kappa shape index (κ2) is 2.93. The monoisotopic (exact) mass is 220 g/mol. The van der Waals surface area contributed by atoms with Crippen molar-refractivity contribution in [1.82, 2.24) is 0 Å². The minimum Gasteiger partial charge on any atom is -0.390 e. The van der Waals surface area contributed by atoms with Gasteiger partial charge in [-0.25, -0.2) is 0 Å². The lowest BCUT2D eigenvalue weighted by molar-refractivity contribution is 0.0226. The van der Waals surface area contributed by atoms with E-state index in [1.807, 2.05) is 6.92 Å². The molecule has 0 aromatic rings. The van der Waals surface area contributed by atoms with Crippen molar-refractivity contribution in [1.29, 1.82) is 0 Å². The van der Waals surface area contributed by atoms with Crippen LogP contribution in [0.4, 0.5) is 0 Å². The first-order valence-corrected chi connectivity index (χ1v) is 6.75. The fourth-order valence-electron chi connectivity index (χ4n) is 4.46. The smallest absolute Gasteiger partial charge is 0.0688 e. The summed E-state index contributed by atoms with van der Waals surface area (Å²) < 4.78 is 0. The summed E-state index contributed by atoms with van der Waals surface area (Å²) in [6.07, 6.45) is 4.64. The van der Waals surface area contributed by atoms with Crippen molar-refractivity contribution >= 4 is 0 Å². The molecule has 2 saturated carbocycles. The number of allylic oxidation sites excluding steroid dienone is 1. The van der Waals surface area contributed by atoms with E-state index in [1.165, 1.54) is 12.8 Å². The van der Waals surface area contributed by atoms with Crippen molar-refractivity contribution in [2.75, 3.05) is 0 Å². The number of rotatable bonds is 0. The molecule has 1 N–H and O–H groups in total. The molecule has 2 fully saturated rings. The van der Waals surface area contributed by atoms with Crippen LogP contribution in [-0.2, 0) is 0 Å². The van der Waals surface area contributed by atoms with Crippen LogP contribution in [-0.4, -0.2) is 10.7 Å². The molecule has 1 unspecified atom stereocenters. The molecular weight excluding hydrogens is 196 g/mol. The van der Waals surface area contributed by atoms with Crippen LogP contribution in [0.3, 0.4) is 0 Å². The van der Waals surface area contributed by atoms with Crippen LogP contribution in [0.15, 0.2) is 11.1 Å². The third kappa shape index (κ3) is 1.27. The summed E-state index contributed by atoms with van der Waals surface area (Å²) in [4.78, 5) is 0. The van der Waals surface area contributed by atoms with E-state index in [0.29, 0.717) is 11.3 Å². The molecule has 0 aromatic carbocycles. The molecule has 3 aliphatic rings. The first kappa shape index (κ1) is 10.8. The van der Waals surface area contributed by atoms with Gasteiger partial charge >= 0.3 is 0 Å². The fraction of sp³-hybridized carbons (Fsp3) is 0.867. The largest absolute Gasteiger partial charge is 0.390 e. The van der Waals surface area contributed by atoms with Gasteiger partial charge < -0.3 is 5.11 Å². The Morgan fingerprint density at radius 2 is 1.88 bits per heavy atom. The molecule has 0 aromatic heterocycles. The Morgan fingerprint density at radius 3 is 2.56 bits per heavy atom. The molecule has 0 saturated heterocycles. The zero-order valence-electron chi connectivity index (χ0n) is 11.0. The molecule has 0 aliphatic heterocycles. The standard InChI is InChI=1S/C15H24O/c1-9-7-12-13(14(12,2)3)8-11-10(9)5-6-15(11,4)16/h11-13,16H,5-8H2,1-4H3/t11?,12-,13+,15+/m0/s1. The zero-order chi connectivity index (χ0) is 11.7. The number of hydrogen-bond donors (Lipinski definition) is 1. The van der Waals surface area contributed by atoms with E-state index < -0.39 is 5.60 Å². The maximum absolute atomic E-state index is 10.5. The van der Waals surface area contributed by atoms with E-state index in [4.69, 9.17) is 0 Å². The van der Waals surface area contributed by atoms with Crippen LogP contribution in [0, 0.1) is 23.2 Å². The highest BCUT2D eigenvalue weighted by Crippen LogP contribution is 2.67. The number of fused-ring (bicyclic) bond motifs is 2. The molecule has 4 atom stereocenters. The minimum atomic E-state index is -0.426. The van der Waals surface area contributed by atoms with E-state index in [0.717, 1.165) is 24.7 Å². The summed E-state index contributed by atoms with van der Waals surface area (Å²) in [6, 6.07) is 0. The van der Waals surface area contributed by atoms with E-state index in [9.17, 15) is 5.11 Å².